The van der Waals surface area contributed by atoms with Crippen molar-refractivity contribution in [3.8, 4) is 5.75 Å². The molecule has 3 atom stereocenters. The summed E-state index contributed by atoms with van der Waals surface area (Å²) < 4.78 is 5.35. The minimum atomic E-state index is -0.759. The van der Waals surface area contributed by atoms with Gasteiger partial charge in [0.25, 0.3) is 0 Å². The molecule has 192 valence electrons. The molecule has 8 heteroatoms. The molecule has 0 bridgehead atoms. The van der Waals surface area contributed by atoms with Crippen LogP contribution in [0.25, 0.3) is 10.9 Å². The van der Waals surface area contributed by atoms with Gasteiger partial charge in [-0.2, -0.15) is 0 Å². The van der Waals surface area contributed by atoms with E-state index in [0.717, 1.165) is 70.4 Å². The standard InChI is InChI=1S/C28H33ClN2O4S/c1-35-21-7-8-25-23(17-21)22(10-12-30-25)26(32)9-6-19-11-13-31(18-20(19)16-28(33)34)14-15-36-27-5-3-2-4-24(27)29/h2-5,7-8,10,12,17,19-20,26,32H,6,9,11,13-16,18H2,1H3,(H,33,34)/t19-,20+,26?/m1/s1. The molecule has 1 fully saturated rings. The number of hydrogen-bond acceptors (Lipinski definition) is 6. The number of aliphatic hydroxyl groups is 1. The summed E-state index contributed by atoms with van der Waals surface area (Å²) in [7, 11) is 1.62. The third-order valence-electron chi connectivity index (χ3n) is 7.07. The Balaban J connectivity index is 1.35. The molecule has 0 saturated carbocycles. The van der Waals surface area contributed by atoms with E-state index in [1.54, 1.807) is 25.1 Å². The van der Waals surface area contributed by atoms with Crippen molar-refractivity contribution in [3.05, 3.63) is 65.3 Å². The molecule has 36 heavy (non-hydrogen) atoms. The molecule has 0 amide bonds. The SMILES string of the molecule is COc1ccc2nccc(C(O)CC[C@@H]3CCN(CCSc4ccccc4Cl)C[C@@H]3CC(=O)O)c2c1. The summed E-state index contributed by atoms with van der Waals surface area (Å²) in [5, 5.41) is 22.3. The van der Waals surface area contributed by atoms with Gasteiger partial charge in [-0.3, -0.25) is 9.78 Å². The molecule has 0 aliphatic carbocycles. The number of carboxylic acids is 1. The highest BCUT2D eigenvalue weighted by atomic mass is 35.5. The fourth-order valence-corrected chi connectivity index (χ4v) is 6.38. The first-order valence-electron chi connectivity index (χ1n) is 12.4. The maximum absolute atomic E-state index is 11.6. The summed E-state index contributed by atoms with van der Waals surface area (Å²) in [6, 6.07) is 15.4. The van der Waals surface area contributed by atoms with E-state index in [1.807, 2.05) is 48.5 Å². The number of benzene rings is 2. The second-order valence-corrected chi connectivity index (χ2v) is 10.9. The number of aliphatic hydroxyl groups excluding tert-OH is 1. The molecule has 3 aromatic rings. The number of likely N-dealkylation sites (tertiary alicyclic amines) is 1. The molecule has 1 aliphatic heterocycles. The molecule has 2 N–H and O–H groups in total. The Kier molecular flexibility index (Phi) is 9.48. The smallest absolute Gasteiger partial charge is 0.303 e. The van der Waals surface area contributed by atoms with Gasteiger partial charge in [-0.1, -0.05) is 23.7 Å². The lowest BCUT2D eigenvalue weighted by Crippen LogP contribution is -2.42. The third kappa shape index (κ3) is 6.91. The summed E-state index contributed by atoms with van der Waals surface area (Å²) in [5.74, 6) is 1.22. The van der Waals surface area contributed by atoms with Gasteiger partial charge in [0.05, 0.1) is 23.8 Å². The molecule has 6 nitrogen and oxygen atoms in total. The number of halogens is 1. The van der Waals surface area contributed by atoms with E-state index in [-0.39, 0.29) is 18.3 Å². The van der Waals surface area contributed by atoms with E-state index in [0.29, 0.717) is 6.42 Å². The van der Waals surface area contributed by atoms with Crippen molar-refractivity contribution in [1.82, 2.24) is 9.88 Å². The van der Waals surface area contributed by atoms with Crippen LogP contribution in [0, 0.1) is 11.8 Å². The predicted octanol–water partition coefficient (Wildman–Crippen LogP) is 5.92. The Bertz CT molecular complexity index is 1180. The summed E-state index contributed by atoms with van der Waals surface area (Å²) in [6.45, 7) is 2.60. The highest BCUT2D eigenvalue weighted by Crippen LogP contribution is 2.35. The van der Waals surface area contributed by atoms with Gasteiger partial charge < -0.3 is 19.8 Å². The first-order chi connectivity index (χ1) is 17.4. The molecule has 1 aliphatic rings. The number of carboxylic acid groups (broad SMARTS) is 1. The van der Waals surface area contributed by atoms with E-state index in [2.05, 4.69) is 9.88 Å². The fraction of sp³-hybridized carbons (Fsp3) is 0.429. The van der Waals surface area contributed by atoms with Crippen molar-refractivity contribution in [2.45, 2.75) is 36.7 Å². The number of nitrogens with zero attached hydrogens (tertiary/aromatic N) is 2. The van der Waals surface area contributed by atoms with Gasteiger partial charge in [0.2, 0.25) is 0 Å². The number of ether oxygens (including phenoxy) is 1. The molecule has 1 unspecified atom stereocenters. The number of piperidine rings is 1. The van der Waals surface area contributed by atoms with Crippen LogP contribution in [0.5, 0.6) is 5.75 Å². The quantitative estimate of drug-likeness (QED) is 0.299. The van der Waals surface area contributed by atoms with Crippen LogP contribution in [-0.4, -0.2) is 58.6 Å². The van der Waals surface area contributed by atoms with Crippen LogP contribution < -0.4 is 4.74 Å². The zero-order valence-corrected chi connectivity index (χ0v) is 22.0. The van der Waals surface area contributed by atoms with E-state index < -0.39 is 12.1 Å². The topological polar surface area (TPSA) is 82.9 Å². The minimum absolute atomic E-state index is 0.0723. The number of fused-ring (bicyclic) bond motifs is 1. The summed E-state index contributed by atoms with van der Waals surface area (Å²) in [4.78, 5) is 19.5. The van der Waals surface area contributed by atoms with E-state index in [9.17, 15) is 15.0 Å². The van der Waals surface area contributed by atoms with Crippen molar-refractivity contribution in [3.63, 3.8) is 0 Å². The Morgan fingerprint density at radius 3 is 2.86 bits per heavy atom. The fourth-order valence-electron chi connectivity index (χ4n) is 5.13. The van der Waals surface area contributed by atoms with Crippen molar-refractivity contribution in [2.75, 3.05) is 32.5 Å². The van der Waals surface area contributed by atoms with E-state index in [1.165, 1.54) is 0 Å². The molecular weight excluding hydrogens is 496 g/mol. The second kappa shape index (κ2) is 12.8. The van der Waals surface area contributed by atoms with Crippen LogP contribution in [0.3, 0.4) is 0 Å². The number of rotatable bonds is 11. The first kappa shape index (κ1) is 26.7. The van der Waals surface area contributed by atoms with E-state index >= 15 is 0 Å². The van der Waals surface area contributed by atoms with Crippen LogP contribution in [0.15, 0.2) is 59.6 Å². The Labute approximate surface area is 221 Å². The lowest BCUT2D eigenvalue weighted by atomic mass is 9.79. The maximum atomic E-state index is 11.6. The largest absolute Gasteiger partial charge is 0.497 e. The molecule has 4 rings (SSSR count). The number of aromatic nitrogens is 1. The Morgan fingerprint density at radius 2 is 2.08 bits per heavy atom. The number of pyridine rings is 1. The summed E-state index contributed by atoms with van der Waals surface area (Å²) in [5.41, 5.74) is 1.65. The zero-order valence-electron chi connectivity index (χ0n) is 20.5. The van der Waals surface area contributed by atoms with Crippen molar-refractivity contribution in [2.24, 2.45) is 11.8 Å². The van der Waals surface area contributed by atoms with Crippen LogP contribution >= 0.6 is 23.4 Å². The Morgan fingerprint density at radius 1 is 1.25 bits per heavy atom. The second-order valence-electron chi connectivity index (χ2n) is 9.36. The molecule has 0 radical (unpaired) electrons. The van der Waals surface area contributed by atoms with Gasteiger partial charge in [0.1, 0.15) is 5.75 Å². The lowest BCUT2D eigenvalue weighted by Gasteiger charge is -2.38. The molecule has 0 spiro atoms. The van der Waals surface area contributed by atoms with Crippen LogP contribution in [-0.2, 0) is 4.79 Å². The van der Waals surface area contributed by atoms with Crippen molar-refractivity contribution in [1.29, 1.82) is 0 Å². The molecule has 1 aromatic heterocycles. The van der Waals surface area contributed by atoms with Crippen molar-refractivity contribution < 1.29 is 19.7 Å². The Hall–Kier alpha value is -2.32. The lowest BCUT2D eigenvalue weighted by molar-refractivity contribution is -0.139. The number of hydrogen-bond donors (Lipinski definition) is 2. The third-order valence-corrected chi connectivity index (χ3v) is 8.56. The zero-order chi connectivity index (χ0) is 25.5. The number of aliphatic carboxylic acids is 1. The maximum Gasteiger partial charge on any atom is 0.303 e. The summed E-state index contributed by atoms with van der Waals surface area (Å²) in [6.07, 6.45) is 3.54. The normalized spacial score (nSPS) is 19.3. The summed E-state index contributed by atoms with van der Waals surface area (Å²) >= 11 is 8.00. The monoisotopic (exact) mass is 528 g/mol. The van der Waals surface area contributed by atoms with Crippen molar-refractivity contribution >= 4 is 40.2 Å². The molecule has 2 heterocycles. The molecule has 2 aromatic carbocycles. The van der Waals surface area contributed by atoms with Gasteiger partial charge in [-0.25, -0.2) is 0 Å². The van der Waals surface area contributed by atoms with Crippen LogP contribution in [0.2, 0.25) is 5.02 Å². The first-order valence-corrected chi connectivity index (χ1v) is 13.7. The number of thioether (sulfide) groups is 1. The molecular formula is C28H33ClN2O4S. The molecule has 1 saturated heterocycles. The highest BCUT2D eigenvalue weighted by molar-refractivity contribution is 7.99. The van der Waals surface area contributed by atoms with Crippen LogP contribution in [0.1, 0.15) is 37.4 Å². The van der Waals surface area contributed by atoms with E-state index in [4.69, 9.17) is 16.3 Å². The van der Waals surface area contributed by atoms with Gasteiger partial charge in [0.15, 0.2) is 0 Å². The van der Waals surface area contributed by atoms with Gasteiger partial charge >= 0.3 is 5.97 Å². The average molecular weight is 529 g/mol. The van der Waals surface area contributed by atoms with Gasteiger partial charge in [0, 0.05) is 41.7 Å². The predicted molar refractivity (Wildman–Crippen MR) is 145 cm³/mol. The highest BCUT2D eigenvalue weighted by Gasteiger charge is 2.31. The van der Waals surface area contributed by atoms with Gasteiger partial charge in [-0.15, -0.1) is 11.8 Å². The average Bonchev–Trinajstić information content (AvgIpc) is 2.88. The minimum Gasteiger partial charge on any atom is -0.497 e. The van der Waals surface area contributed by atoms with Gasteiger partial charge in [-0.05, 0) is 79.6 Å². The number of carbonyl (C=O) groups is 1. The number of methoxy groups -OCH3 is 1. The van der Waals surface area contributed by atoms with Crippen LogP contribution in [0.4, 0.5) is 0 Å².